The Hall–Kier alpha value is -2.28. The molecule has 28 heavy (non-hydrogen) atoms. The van der Waals surface area contributed by atoms with Crippen LogP contribution in [-0.4, -0.2) is 40.9 Å². The van der Waals surface area contributed by atoms with Gasteiger partial charge in [-0.3, -0.25) is 4.79 Å². The molecule has 148 valence electrons. The largest absolute Gasteiger partial charge is 0.493 e. The van der Waals surface area contributed by atoms with E-state index < -0.39 is 0 Å². The van der Waals surface area contributed by atoms with Crippen LogP contribution in [0.15, 0.2) is 41.8 Å². The van der Waals surface area contributed by atoms with Crippen LogP contribution in [0.1, 0.15) is 31.2 Å². The van der Waals surface area contributed by atoms with E-state index in [-0.39, 0.29) is 17.9 Å². The molecule has 2 aromatic rings. The van der Waals surface area contributed by atoms with Crippen molar-refractivity contribution in [3.8, 4) is 11.5 Å². The van der Waals surface area contributed by atoms with Crippen LogP contribution < -0.4 is 14.8 Å². The predicted molar refractivity (Wildman–Crippen MR) is 108 cm³/mol. The molecule has 6 nitrogen and oxygen atoms in total. The minimum absolute atomic E-state index is 0.0935. The Bertz CT molecular complexity index is 810. The molecule has 1 unspecified atom stereocenters. The molecule has 1 aliphatic heterocycles. The van der Waals surface area contributed by atoms with Gasteiger partial charge in [0, 0.05) is 23.7 Å². The molecule has 1 fully saturated rings. The fourth-order valence-corrected chi connectivity index (χ4v) is 4.91. The van der Waals surface area contributed by atoms with Gasteiger partial charge in [-0.15, -0.1) is 0 Å². The fourth-order valence-electron chi connectivity index (χ4n) is 3.86. The van der Waals surface area contributed by atoms with Crippen molar-refractivity contribution in [1.29, 1.82) is 0 Å². The normalized spacial score (nSPS) is 24.0. The minimum atomic E-state index is -0.149. The zero-order valence-electron chi connectivity index (χ0n) is 16.0. The summed E-state index contributed by atoms with van der Waals surface area (Å²) in [4.78, 5) is 21.3. The molecule has 0 bridgehead atoms. The standard InChI is InChI=1S/C21H25N3O3S/c1-26-18-5-2-4-14-12-15(13-27-19(14)18)20(25)24-16-6-8-17(9-7-16)28-21-22-10-3-11-23-21/h2-5,10-11,15-17H,6-9,12-13H2,1H3,(H,24,25). The summed E-state index contributed by atoms with van der Waals surface area (Å²) in [5, 5.41) is 4.60. The van der Waals surface area contributed by atoms with Gasteiger partial charge in [-0.2, -0.15) is 0 Å². The molecule has 1 saturated carbocycles. The lowest BCUT2D eigenvalue weighted by molar-refractivity contribution is -0.127. The van der Waals surface area contributed by atoms with E-state index in [9.17, 15) is 4.79 Å². The highest BCUT2D eigenvalue weighted by molar-refractivity contribution is 7.99. The van der Waals surface area contributed by atoms with E-state index in [1.54, 1.807) is 31.3 Å². The highest BCUT2D eigenvalue weighted by atomic mass is 32.2. The van der Waals surface area contributed by atoms with Gasteiger partial charge < -0.3 is 14.8 Å². The van der Waals surface area contributed by atoms with Crippen molar-refractivity contribution in [2.24, 2.45) is 5.92 Å². The average molecular weight is 400 g/mol. The van der Waals surface area contributed by atoms with E-state index >= 15 is 0 Å². The highest BCUT2D eigenvalue weighted by Crippen LogP contribution is 2.36. The Labute approximate surface area is 169 Å². The summed E-state index contributed by atoms with van der Waals surface area (Å²) in [6.07, 6.45) is 8.36. The molecule has 0 spiro atoms. The molecule has 1 atom stereocenters. The first-order valence-electron chi connectivity index (χ1n) is 9.75. The van der Waals surface area contributed by atoms with Gasteiger partial charge in [0.25, 0.3) is 0 Å². The van der Waals surface area contributed by atoms with Gasteiger partial charge in [0.1, 0.15) is 6.61 Å². The Balaban J connectivity index is 1.27. The number of nitrogens with zero attached hydrogens (tertiary/aromatic N) is 2. The van der Waals surface area contributed by atoms with Crippen molar-refractivity contribution >= 4 is 17.7 Å². The number of nitrogens with one attached hydrogen (secondary N) is 1. The van der Waals surface area contributed by atoms with E-state index in [1.165, 1.54) is 0 Å². The third-order valence-corrected chi connectivity index (χ3v) is 6.61. The van der Waals surface area contributed by atoms with Crippen LogP contribution in [0.2, 0.25) is 0 Å². The number of hydrogen-bond acceptors (Lipinski definition) is 6. The van der Waals surface area contributed by atoms with Crippen LogP contribution in [-0.2, 0) is 11.2 Å². The van der Waals surface area contributed by atoms with Crippen LogP contribution in [0.3, 0.4) is 0 Å². The lowest BCUT2D eigenvalue weighted by atomic mass is 9.92. The quantitative estimate of drug-likeness (QED) is 0.778. The van der Waals surface area contributed by atoms with Crippen molar-refractivity contribution in [3.05, 3.63) is 42.2 Å². The molecular weight excluding hydrogens is 374 g/mol. The Morgan fingerprint density at radius 1 is 1.18 bits per heavy atom. The van der Waals surface area contributed by atoms with E-state index in [1.807, 2.05) is 24.3 Å². The molecule has 2 aliphatic rings. The van der Waals surface area contributed by atoms with Gasteiger partial charge in [0.05, 0.1) is 13.0 Å². The second-order valence-electron chi connectivity index (χ2n) is 7.29. The van der Waals surface area contributed by atoms with E-state index in [0.717, 1.165) is 47.9 Å². The predicted octanol–water partition coefficient (Wildman–Crippen LogP) is 3.26. The number of rotatable bonds is 5. The summed E-state index contributed by atoms with van der Waals surface area (Å²) in [5.41, 5.74) is 1.04. The summed E-state index contributed by atoms with van der Waals surface area (Å²) >= 11 is 1.74. The summed E-state index contributed by atoms with van der Waals surface area (Å²) in [7, 11) is 1.64. The summed E-state index contributed by atoms with van der Waals surface area (Å²) in [6.45, 7) is 0.399. The monoisotopic (exact) mass is 399 g/mol. The van der Waals surface area contributed by atoms with Gasteiger partial charge >= 0.3 is 0 Å². The van der Waals surface area contributed by atoms with Crippen LogP contribution in [0.25, 0.3) is 0 Å². The van der Waals surface area contributed by atoms with E-state index in [4.69, 9.17) is 9.47 Å². The molecule has 1 amide bonds. The zero-order chi connectivity index (χ0) is 19.3. The van der Waals surface area contributed by atoms with Crippen LogP contribution in [0.5, 0.6) is 11.5 Å². The second-order valence-corrected chi connectivity index (χ2v) is 8.56. The summed E-state index contributed by atoms with van der Waals surface area (Å²) in [5.74, 6) is 1.45. The van der Waals surface area contributed by atoms with Gasteiger partial charge in [-0.25, -0.2) is 9.97 Å². The molecule has 1 aromatic carbocycles. The fraction of sp³-hybridized carbons (Fsp3) is 0.476. The molecule has 7 heteroatoms. The van der Waals surface area contributed by atoms with Crippen molar-refractivity contribution in [2.75, 3.05) is 13.7 Å². The van der Waals surface area contributed by atoms with Crippen molar-refractivity contribution < 1.29 is 14.3 Å². The number of fused-ring (bicyclic) bond motifs is 1. The van der Waals surface area contributed by atoms with Gasteiger partial charge in [-0.05, 0) is 49.8 Å². The number of carbonyl (C=O) groups excluding carboxylic acids is 1. The lowest BCUT2D eigenvalue weighted by Gasteiger charge is -2.31. The van der Waals surface area contributed by atoms with Crippen LogP contribution in [0.4, 0.5) is 0 Å². The number of aromatic nitrogens is 2. The number of para-hydroxylation sites is 1. The number of amides is 1. The first-order chi connectivity index (χ1) is 13.7. The highest BCUT2D eigenvalue weighted by Gasteiger charge is 2.30. The first kappa shape index (κ1) is 19.1. The number of ether oxygens (including phenoxy) is 2. The molecule has 0 saturated heterocycles. The Kier molecular flexibility index (Phi) is 6.00. The minimum Gasteiger partial charge on any atom is -0.493 e. The molecule has 4 rings (SSSR count). The van der Waals surface area contributed by atoms with Gasteiger partial charge in [0.2, 0.25) is 5.91 Å². The maximum atomic E-state index is 12.8. The number of hydrogen-bond donors (Lipinski definition) is 1. The van der Waals surface area contributed by atoms with E-state index in [2.05, 4.69) is 15.3 Å². The summed E-state index contributed by atoms with van der Waals surface area (Å²) < 4.78 is 11.2. The lowest BCUT2D eigenvalue weighted by Crippen LogP contribution is -2.44. The number of carbonyl (C=O) groups is 1. The van der Waals surface area contributed by atoms with Gasteiger partial charge in [0.15, 0.2) is 16.7 Å². The Morgan fingerprint density at radius 3 is 2.71 bits per heavy atom. The number of benzene rings is 1. The Morgan fingerprint density at radius 2 is 1.96 bits per heavy atom. The SMILES string of the molecule is COc1cccc2c1OCC(C(=O)NC1CCC(Sc3ncccn3)CC1)C2. The number of thioether (sulfide) groups is 1. The molecule has 2 heterocycles. The molecular formula is C21H25N3O3S. The van der Waals surface area contributed by atoms with Crippen LogP contribution >= 0.6 is 11.8 Å². The molecule has 1 N–H and O–H groups in total. The van der Waals surface area contributed by atoms with Crippen molar-refractivity contribution in [3.63, 3.8) is 0 Å². The van der Waals surface area contributed by atoms with Crippen molar-refractivity contribution in [1.82, 2.24) is 15.3 Å². The molecule has 1 aromatic heterocycles. The maximum Gasteiger partial charge on any atom is 0.227 e. The maximum absolute atomic E-state index is 12.8. The molecule has 0 radical (unpaired) electrons. The third-order valence-electron chi connectivity index (χ3n) is 5.38. The first-order valence-corrected chi connectivity index (χ1v) is 10.6. The second kappa shape index (κ2) is 8.82. The van der Waals surface area contributed by atoms with Gasteiger partial charge in [-0.1, -0.05) is 23.9 Å². The number of methoxy groups -OCH3 is 1. The van der Waals surface area contributed by atoms with E-state index in [0.29, 0.717) is 18.3 Å². The van der Waals surface area contributed by atoms with Crippen LogP contribution in [0, 0.1) is 5.92 Å². The van der Waals surface area contributed by atoms with Crippen molar-refractivity contribution in [2.45, 2.75) is 48.6 Å². The average Bonchev–Trinajstić information content (AvgIpc) is 2.75. The third kappa shape index (κ3) is 4.41. The smallest absolute Gasteiger partial charge is 0.227 e. The topological polar surface area (TPSA) is 73.3 Å². The zero-order valence-corrected chi connectivity index (χ0v) is 16.8. The molecule has 1 aliphatic carbocycles. The summed E-state index contributed by atoms with van der Waals surface area (Å²) in [6, 6.07) is 7.91.